The second kappa shape index (κ2) is 6.53. The molecule has 0 radical (unpaired) electrons. The third kappa shape index (κ3) is 4.34. The van der Waals surface area contributed by atoms with Gasteiger partial charge in [-0.05, 0) is 36.3 Å². The molecule has 1 aliphatic rings. The summed E-state index contributed by atoms with van der Waals surface area (Å²) >= 11 is 3.49. The molecule has 0 amide bonds. The highest BCUT2D eigenvalue weighted by atomic mass is 79.9. The first-order chi connectivity index (χ1) is 10.3. The summed E-state index contributed by atoms with van der Waals surface area (Å²) in [7, 11) is 0. The van der Waals surface area contributed by atoms with E-state index in [0.29, 0.717) is 12.2 Å². The zero-order chi connectivity index (χ0) is 16.3. The van der Waals surface area contributed by atoms with Crippen LogP contribution in [0.5, 0.6) is 5.75 Å². The van der Waals surface area contributed by atoms with Crippen LogP contribution < -0.4 is 4.74 Å². The number of rotatable bonds is 3. The van der Waals surface area contributed by atoms with E-state index in [0.717, 1.165) is 21.4 Å². The number of aliphatic carboxylic acids is 1. The Morgan fingerprint density at radius 1 is 1.41 bits per heavy atom. The van der Waals surface area contributed by atoms with Gasteiger partial charge in [-0.25, -0.2) is 4.79 Å². The lowest BCUT2D eigenvalue weighted by atomic mass is 9.90. The third-order valence-corrected chi connectivity index (χ3v) is 3.77. The first-order valence-corrected chi connectivity index (χ1v) is 7.81. The smallest absolute Gasteiger partial charge is 0.328 e. The Morgan fingerprint density at radius 3 is 2.82 bits per heavy atom. The number of carboxylic acids is 1. The van der Waals surface area contributed by atoms with Gasteiger partial charge in [0.25, 0.3) is 0 Å². The van der Waals surface area contributed by atoms with Crippen LogP contribution >= 0.6 is 15.9 Å². The predicted molar refractivity (Wildman–Crippen MR) is 91.9 cm³/mol. The maximum atomic E-state index is 10.7. The van der Waals surface area contributed by atoms with Crippen LogP contribution in [0.2, 0.25) is 0 Å². The molecular formula is C18H19BrO3. The second-order valence-electron chi connectivity index (χ2n) is 6.08. The van der Waals surface area contributed by atoms with E-state index in [1.54, 1.807) is 6.92 Å². The number of halogens is 1. The molecular weight excluding hydrogens is 344 g/mol. The van der Waals surface area contributed by atoms with E-state index in [4.69, 9.17) is 9.84 Å². The minimum atomic E-state index is -0.941. The van der Waals surface area contributed by atoms with Crippen LogP contribution in [0.4, 0.5) is 0 Å². The fourth-order valence-electron chi connectivity index (χ4n) is 2.26. The van der Waals surface area contributed by atoms with Crippen molar-refractivity contribution in [1.29, 1.82) is 0 Å². The van der Waals surface area contributed by atoms with Gasteiger partial charge in [0.2, 0.25) is 0 Å². The van der Waals surface area contributed by atoms with E-state index in [1.165, 1.54) is 6.08 Å². The Bertz CT molecular complexity index is 682. The van der Waals surface area contributed by atoms with Gasteiger partial charge in [0.15, 0.2) is 0 Å². The first-order valence-electron chi connectivity index (χ1n) is 7.02. The Labute approximate surface area is 139 Å². The van der Waals surface area contributed by atoms with Crippen LogP contribution in [0, 0.1) is 5.41 Å². The molecule has 0 spiro atoms. The van der Waals surface area contributed by atoms with Crippen molar-refractivity contribution in [3.05, 3.63) is 58.1 Å². The lowest BCUT2D eigenvalue weighted by Gasteiger charge is -2.18. The summed E-state index contributed by atoms with van der Waals surface area (Å²) in [6.45, 7) is 6.59. The molecule has 0 aromatic heterocycles. The molecule has 0 fully saturated rings. The van der Waals surface area contributed by atoms with Crippen LogP contribution in [0.25, 0.3) is 5.57 Å². The number of hydrogen-bond acceptors (Lipinski definition) is 2. The summed E-state index contributed by atoms with van der Waals surface area (Å²) in [5, 5.41) is 8.79. The predicted octanol–water partition coefficient (Wildman–Crippen LogP) is 4.84. The molecule has 0 saturated heterocycles. The number of ether oxygens (including phenoxy) is 1. The highest BCUT2D eigenvalue weighted by Gasteiger charge is 2.22. The van der Waals surface area contributed by atoms with Crippen molar-refractivity contribution < 1.29 is 14.6 Å². The van der Waals surface area contributed by atoms with Crippen molar-refractivity contribution in [3.63, 3.8) is 0 Å². The minimum absolute atomic E-state index is 0.102. The first kappa shape index (κ1) is 16.6. The van der Waals surface area contributed by atoms with Gasteiger partial charge in [0.05, 0.1) is 6.61 Å². The molecule has 1 heterocycles. The van der Waals surface area contributed by atoms with Gasteiger partial charge in [-0.2, -0.15) is 0 Å². The summed E-state index contributed by atoms with van der Waals surface area (Å²) in [5.41, 5.74) is 2.61. The number of carboxylic acid groups (broad SMARTS) is 1. The van der Waals surface area contributed by atoms with E-state index < -0.39 is 5.97 Å². The van der Waals surface area contributed by atoms with Crippen molar-refractivity contribution in [2.75, 3.05) is 6.61 Å². The molecule has 0 aliphatic carbocycles. The van der Waals surface area contributed by atoms with Gasteiger partial charge in [-0.1, -0.05) is 48.0 Å². The largest absolute Gasteiger partial charge is 0.492 e. The van der Waals surface area contributed by atoms with E-state index >= 15 is 0 Å². The minimum Gasteiger partial charge on any atom is -0.492 e. The average Bonchev–Trinajstić information content (AvgIpc) is 2.53. The quantitative estimate of drug-likeness (QED) is 0.618. The molecule has 0 atom stereocenters. The Kier molecular flexibility index (Phi) is 4.91. The third-order valence-electron chi connectivity index (χ3n) is 3.28. The topological polar surface area (TPSA) is 46.5 Å². The van der Waals surface area contributed by atoms with Gasteiger partial charge in [0.1, 0.15) is 5.75 Å². The Balaban J connectivity index is 2.46. The standard InChI is InChI=1S/C18H19BrO3/c1-12(8-17(20)21)4-5-13-10-18(2,3)11-22-16-7-6-14(19)9-15(13)16/h4-10H,11H2,1-3H3,(H,20,21). The SMILES string of the molecule is CC(C=CC1=CC(C)(C)COc2ccc(Br)cc21)=CC(=O)O. The van der Waals surface area contributed by atoms with Gasteiger partial charge in [0, 0.05) is 21.5 Å². The molecule has 1 aromatic rings. The summed E-state index contributed by atoms with van der Waals surface area (Å²) in [6, 6.07) is 5.92. The van der Waals surface area contributed by atoms with Crippen molar-refractivity contribution in [2.45, 2.75) is 20.8 Å². The van der Waals surface area contributed by atoms with Crippen molar-refractivity contribution in [2.24, 2.45) is 5.41 Å². The van der Waals surface area contributed by atoms with Crippen LogP contribution in [0.15, 0.2) is 52.5 Å². The van der Waals surface area contributed by atoms with Crippen LogP contribution in [-0.2, 0) is 4.79 Å². The molecule has 0 unspecified atom stereocenters. The summed E-state index contributed by atoms with van der Waals surface area (Å²) in [5.74, 6) is -0.103. The monoisotopic (exact) mass is 362 g/mol. The lowest BCUT2D eigenvalue weighted by molar-refractivity contribution is -0.131. The molecule has 4 heteroatoms. The zero-order valence-electron chi connectivity index (χ0n) is 12.9. The number of carbonyl (C=O) groups is 1. The fraction of sp³-hybridized carbons (Fsp3) is 0.278. The summed E-state index contributed by atoms with van der Waals surface area (Å²) in [4.78, 5) is 10.7. The normalized spacial score (nSPS) is 17.5. The van der Waals surface area contributed by atoms with E-state index in [9.17, 15) is 4.79 Å². The molecule has 22 heavy (non-hydrogen) atoms. The highest BCUT2D eigenvalue weighted by Crippen LogP contribution is 2.37. The summed E-state index contributed by atoms with van der Waals surface area (Å²) in [6.07, 6.45) is 7.11. The second-order valence-corrected chi connectivity index (χ2v) is 6.99. The number of benzene rings is 1. The van der Waals surface area contributed by atoms with Gasteiger partial charge >= 0.3 is 5.97 Å². The van der Waals surface area contributed by atoms with Crippen LogP contribution in [0.3, 0.4) is 0 Å². The Morgan fingerprint density at radius 2 is 2.14 bits per heavy atom. The highest BCUT2D eigenvalue weighted by molar-refractivity contribution is 9.10. The maximum Gasteiger partial charge on any atom is 0.328 e. The molecule has 1 N–H and O–H groups in total. The zero-order valence-corrected chi connectivity index (χ0v) is 14.5. The van der Waals surface area contributed by atoms with E-state index in [2.05, 4.69) is 35.9 Å². The average molecular weight is 363 g/mol. The van der Waals surface area contributed by atoms with Crippen molar-refractivity contribution in [1.82, 2.24) is 0 Å². The van der Waals surface area contributed by atoms with Crippen LogP contribution in [0.1, 0.15) is 26.3 Å². The fourth-order valence-corrected chi connectivity index (χ4v) is 2.62. The van der Waals surface area contributed by atoms with E-state index in [-0.39, 0.29) is 5.41 Å². The summed E-state index contributed by atoms with van der Waals surface area (Å²) < 4.78 is 6.88. The maximum absolute atomic E-state index is 10.7. The van der Waals surface area contributed by atoms with E-state index in [1.807, 2.05) is 30.4 Å². The molecule has 116 valence electrons. The number of fused-ring (bicyclic) bond motifs is 1. The molecule has 3 nitrogen and oxygen atoms in total. The molecule has 1 aliphatic heterocycles. The van der Waals surface area contributed by atoms with Gasteiger partial charge in [-0.3, -0.25) is 0 Å². The van der Waals surface area contributed by atoms with Gasteiger partial charge in [-0.15, -0.1) is 0 Å². The van der Waals surface area contributed by atoms with Crippen LogP contribution in [-0.4, -0.2) is 17.7 Å². The molecule has 0 saturated carbocycles. The Hall–Kier alpha value is -1.81. The molecule has 1 aromatic carbocycles. The molecule has 2 rings (SSSR count). The molecule has 0 bridgehead atoms. The van der Waals surface area contributed by atoms with Gasteiger partial charge < -0.3 is 9.84 Å². The van der Waals surface area contributed by atoms with Crippen molar-refractivity contribution >= 4 is 27.5 Å². The number of allylic oxidation sites excluding steroid dienone is 4. The lowest BCUT2D eigenvalue weighted by Crippen LogP contribution is -2.17. The van der Waals surface area contributed by atoms with Crippen molar-refractivity contribution in [3.8, 4) is 5.75 Å². The number of hydrogen-bond donors (Lipinski definition) is 1.